The molecule has 1 fully saturated rings. The number of hydrogen-bond acceptors (Lipinski definition) is 10. The fourth-order valence-corrected chi connectivity index (χ4v) is 4.13. The fourth-order valence-electron chi connectivity index (χ4n) is 3.62. The first-order chi connectivity index (χ1) is 17.5. The Morgan fingerprint density at radius 2 is 1.74 bits per heavy atom. The number of anilines is 1. The Morgan fingerprint density at radius 1 is 1.13 bits per heavy atom. The van der Waals surface area contributed by atoms with E-state index in [0.29, 0.717) is 6.61 Å². The van der Waals surface area contributed by atoms with Crippen LogP contribution < -0.4 is 11.0 Å². The van der Waals surface area contributed by atoms with Crippen molar-refractivity contribution in [1.82, 2.24) is 9.55 Å². The molecule has 4 atom stereocenters. The van der Waals surface area contributed by atoms with E-state index in [-0.39, 0.29) is 18.0 Å². The summed E-state index contributed by atoms with van der Waals surface area (Å²) in [4.78, 5) is 53.1. The van der Waals surface area contributed by atoms with Gasteiger partial charge in [0, 0.05) is 32.6 Å². The van der Waals surface area contributed by atoms with Crippen LogP contribution in [0.3, 0.4) is 0 Å². The number of carbonyl (C=O) groups is 3. The summed E-state index contributed by atoms with van der Waals surface area (Å²) in [6, 6.07) is 0. The highest BCUT2D eigenvalue weighted by Gasteiger charge is 2.48. The van der Waals surface area contributed by atoms with Gasteiger partial charge in [0.1, 0.15) is 14.7 Å². The van der Waals surface area contributed by atoms with Gasteiger partial charge in [0.25, 0.3) is 0 Å². The lowest BCUT2D eigenvalue weighted by molar-refractivity contribution is -0.165. The average Bonchev–Trinajstić information content (AvgIpc) is 3.05. The molecule has 1 aliphatic heterocycles. The number of nitrogens with zero attached hydrogens (tertiary/aromatic N) is 2. The Hall–Kier alpha value is -3.21. The van der Waals surface area contributed by atoms with Gasteiger partial charge in [0.15, 0.2) is 24.3 Å². The number of methoxy groups -OCH3 is 1. The van der Waals surface area contributed by atoms with Gasteiger partial charge in [0.2, 0.25) is 0 Å². The summed E-state index contributed by atoms with van der Waals surface area (Å²) in [6.45, 7) is 14.3. The molecule has 210 valence electrons. The molecule has 2 heterocycles. The molecule has 1 aromatic heterocycles. The van der Waals surface area contributed by atoms with Gasteiger partial charge < -0.3 is 23.7 Å². The van der Waals surface area contributed by atoms with E-state index in [9.17, 15) is 19.2 Å². The summed E-state index contributed by atoms with van der Waals surface area (Å²) in [5.41, 5.74) is 2.17. The van der Waals surface area contributed by atoms with E-state index in [2.05, 4.69) is 21.8 Å². The quantitative estimate of drug-likeness (QED) is 0.221. The molecule has 0 unspecified atom stereocenters. The van der Waals surface area contributed by atoms with E-state index in [1.807, 2.05) is 33.5 Å². The smallest absolute Gasteiger partial charge is 0.412 e. The number of carbonyl (C=O) groups excluding carboxylic acids is 3. The van der Waals surface area contributed by atoms with E-state index in [4.69, 9.17) is 23.7 Å². The first kappa shape index (κ1) is 31.0. The lowest BCUT2D eigenvalue weighted by Gasteiger charge is -2.24. The molecule has 0 spiro atoms. The molecule has 0 bridgehead atoms. The van der Waals surface area contributed by atoms with Crippen LogP contribution in [0.1, 0.15) is 46.4 Å². The summed E-state index contributed by atoms with van der Waals surface area (Å²) < 4.78 is 28.1. The van der Waals surface area contributed by atoms with Crippen molar-refractivity contribution in [1.29, 1.82) is 0 Å². The van der Waals surface area contributed by atoms with E-state index in [1.165, 1.54) is 20.0 Å². The lowest BCUT2D eigenvalue weighted by Crippen LogP contribution is -2.40. The van der Waals surface area contributed by atoms with Crippen molar-refractivity contribution in [2.45, 2.75) is 78.8 Å². The molecule has 0 saturated carbocycles. The molecule has 1 saturated heterocycles. The van der Waals surface area contributed by atoms with Crippen LogP contribution in [0.15, 0.2) is 11.0 Å². The Labute approximate surface area is 223 Å². The second kappa shape index (κ2) is 12.6. The number of amides is 1. The third-order valence-corrected chi connectivity index (χ3v) is 6.05. The third-order valence-electron chi connectivity index (χ3n) is 5.17. The van der Waals surface area contributed by atoms with E-state index < -0.39 is 61.8 Å². The SMILES string of the molecule is COCC(C)(C)COC(=O)Nc1nc(=O)n([C@@H]2O[C@H](C)[C@@H](OC(C)=O)[C@H]2OC(C)=O)cc1C#C[Si](C)(C)C. The van der Waals surface area contributed by atoms with E-state index >= 15 is 0 Å². The zero-order valence-corrected chi connectivity index (χ0v) is 24.4. The van der Waals surface area contributed by atoms with Gasteiger partial charge in [0.05, 0.1) is 18.3 Å². The second-order valence-corrected chi connectivity index (χ2v) is 15.6. The molecular weight excluding hydrogens is 514 g/mol. The summed E-state index contributed by atoms with van der Waals surface area (Å²) in [5, 5.41) is 2.50. The minimum Gasteiger partial charge on any atom is -0.456 e. The van der Waals surface area contributed by atoms with Gasteiger partial charge in [-0.05, 0) is 6.92 Å². The van der Waals surface area contributed by atoms with Crippen molar-refractivity contribution in [2.75, 3.05) is 25.6 Å². The predicted molar refractivity (Wildman–Crippen MR) is 140 cm³/mol. The van der Waals surface area contributed by atoms with Gasteiger partial charge in [-0.25, -0.2) is 9.59 Å². The predicted octanol–water partition coefficient (Wildman–Crippen LogP) is 2.47. The maximum atomic E-state index is 13.1. The van der Waals surface area contributed by atoms with Gasteiger partial charge >= 0.3 is 23.7 Å². The molecule has 1 aliphatic rings. The van der Waals surface area contributed by atoms with Crippen molar-refractivity contribution in [2.24, 2.45) is 5.41 Å². The third kappa shape index (κ3) is 8.97. The fraction of sp³-hybridized carbons (Fsp3) is 0.640. The number of hydrogen-bond donors (Lipinski definition) is 1. The molecule has 13 heteroatoms. The highest BCUT2D eigenvalue weighted by Crippen LogP contribution is 2.33. The Kier molecular flexibility index (Phi) is 10.2. The van der Waals surface area contributed by atoms with Crippen LogP contribution in [0.4, 0.5) is 10.6 Å². The maximum Gasteiger partial charge on any atom is 0.412 e. The van der Waals surface area contributed by atoms with Crippen molar-refractivity contribution in [3.63, 3.8) is 0 Å². The summed E-state index contributed by atoms with van der Waals surface area (Å²) in [5.74, 6) is 1.68. The van der Waals surface area contributed by atoms with Crippen molar-refractivity contribution in [3.05, 3.63) is 22.2 Å². The highest BCUT2D eigenvalue weighted by atomic mass is 28.3. The van der Waals surface area contributed by atoms with Crippen LogP contribution >= 0.6 is 0 Å². The van der Waals surface area contributed by atoms with Crippen molar-refractivity contribution < 1.29 is 38.1 Å². The Morgan fingerprint density at radius 3 is 2.29 bits per heavy atom. The van der Waals surface area contributed by atoms with Gasteiger partial charge in [-0.1, -0.05) is 39.4 Å². The Balaban J connectivity index is 2.48. The van der Waals surface area contributed by atoms with E-state index in [0.717, 1.165) is 4.57 Å². The topological polar surface area (TPSA) is 144 Å². The number of nitrogens with one attached hydrogen (secondary N) is 1. The minimum atomic E-state index is -1.88. The monoisotopic (exact) mass is 551 g/mol. The van der Waals surface area contributed by atoms with Crippen LogP contribution in [-0.2, 0) is 33.3 Å². The molecule has 0 aromatic carbocycles. The summed E-state index contributed by atoms with van der Waals surface area (Å²) >= 11 is 0. The van der Waals surface area contributed by atoms with Crippen molar-refractivity contribution >= 4 is 31.9 Å². The summed E-state index contributed by atoms with van der Waals surface area (Å²) in [7, 11) is -0.327. The van der Waals surface area contributed by atoms with Gasteiger partial charge in [-0.2, -0.15) is 4.98 Å². The van der Waals surface area contributed by atoms with Crippen molar-refractivity contribution in [3.8, 4) is 11.5 Å². The molecule has 2 rings (SSSR count). The first-order valence-corrected chi connectivity index (χ1v) is 15.6. The van der Waals surface area contributed by atoms with Gasteiger partial charge in [-0.15, -0.1) is 5.54 Å². The zero-order valence-electron chi connectivity index (χ0n) is 23.4. The van der Waals surface area contributed by atoms with Crippen LogP contribution in [0.25, 0.3) is 0 Å². The largest absolute Gasteiger partial charge is 0.456 e. The molecule has 0 radical (unpaired) electrons. The minimum absolute atomic E-state index is 0.0645. The normalized spacial score (nSPS) is 21.2. The van der Waals surface area contributed by atoms with Crippen LogP contribution in [0.2, 0.25) is 19.6 Å². The number of ether oxygens (including phenoxy) is 5. The highest BCUT2D eigenvalue weighted by molar-refractivity contribution is 6.83. The van der Waals surface area contributed by atoms with Crippen LogP contribution in [0, 0.1) is 16.9 Å². The molecule has 38 heavy (non-hydrogen) atoms. The number of aromatic nitrogens is 2. The molecule has 1 N–H and O–H groups in total. The molecule has 1 aromatic rings. The number of rotatable bonds is 8. The maximum absolute atomic E-state index is 13.1. The second-order valence-electron chi connectivity index (χ2n) is 10.9. The van der Waals surface area contributed by atoms with E-state index in [1.54, 1.807) is 14.0 Å². The molecule has 1 amide bonds. The lowest BCUT2D eigenvalue weighted by atomic mass is 9.96. The molecular formula is C25H37N3O9Si. The van der Waals surface area contributed by atoms with Crippen LogP contribution in [-0.4, -0.2) is 74.3 Å². The van der Waals surface area contributed by atoms with Crippen LogP contribution in [0.5, 0.6) is 0 Å². The van der Waals surface area contributed by atoms with Gasteiger partial charge in [-0.3, -0.25) is 19.5 Å². The average molecular weight is 552 g/mol. The zero-order chi connectivity index (χ0) is 28.8. The Bertz CT molecular complexity index is 1160. The molecule has 0 aliphatic carbocycles. The standard InChI is InChI=1S/C25H37N3O9Si/c1-15-19(36-16(2)29)20(37-17(3)30)22(35-15)28-12-18(10-11-38(7,8)9)21(26-23(28)31)27-24(32)34-14-25(4,5)13-33-6/h12,15,19-20,22H,13-14H2,1-9H3,(H,26,27,31,32)/t15-,19-,20-,22-/m1/s1. The first-order valence-electron chi connectivity index (χ1n) is 12.1. The molecule has 12 nitrogen and oxygen atoms in total. The number of esters is 2. The summed E-state index contributed by atoms with van der Waals surface area (Å²) in [6.07, 6.45) is -3.35.